The fraction of sp³-hybridized carbons (Fsp3) is 0.467. The Morgan fingerprint density at radius 2 is 1.84 bits per heavy atom. The minimum absolute atomic E-state index is 0.0551. The lowest BCUT2D eigenvalue weighted by Crippen LogP contribution is -2.48. The first kappa shape index (κ1) is 15.6. The van der Waals surface area contributed by atoms with Crippen LogP contribution in [0, 0.1) is 5.41 Å². The highest BCUT2D eigenvalue weighted by atomic mass is 32.1. The Morgan fingerprint density at radius 1 is 1.32 bits per heavy atom. The summed E-state index contributed by atoms with van der Waals surface area (Å²) in [5.41, 5.74) is 6.11. The fourth-order valence-corrected chi connectivity index (χ4v) is 2.57. The van der Waals surface area contributed by atoms with Gasteiger partial charge in [-0.25, -0.2) is 0 Å². The average molecular weight is 278 g/mol. The third kappa shape index (κ3) is 3.32. The minimum atomic E-state index is -0.738. The summed E-state index contributed by atoms with van der Waals surface area (Å²) in [5, 5.41) is 3.01. The van der Waals surface area contributed by atoms with Crippen LogP contribution in [0.3, 0.4) is 0 Å². The molecule has 1 aromatic carbocycles. The number of nitrogens with one attached hydrogen (secondary N) is 1. The minimum Gasteiger partial charge on any atom is -0.392 e. The topological polar surface area (TPSA) is 55.1 Å². The lowest BCUT2D eigenvalue weighted by molar-refractivity contribution is -0.128. The molecule has 19 heavy (non-hydrogen) atoms. The van der Waals surface area contributed by atoms with Gasteiger partial charge in [-0.1, -0.05) is 56.4 Å². The van der Waals surface area contributed by atoms with Crippen molar-refractivity contribution in [1.82, 2.24) is 5.32 Å². The number of benzene rings is 1. The van der Waals surface area contributed by atoms with Crippen molar-refractivity contribution >= 4 is 23.1 Å². The maximum atomic E-state index is 12.5. The molecule has 0 saturated heterocycles. The standard InChI is InChI=1S/C15H22N2OS/c1-4-15(5-2,13(16)19)14(18)17-11(3)12-9-7-6-8-10-12/h6-11H,4-5H2,1-3H3,(H2,16,19)(H,17,18). The molecule has 0 aliphatic carbocycles. The molecule has 3 N–H and O–H groups in total. The van der Waals surface area contributed by atoms with Gasteiger partial charge in [0.15, 0.2) is 0 Å². The molecule has 0 bridgehead atoms. The van der Waals surface area contributed by atoms with Crippen molar-refractivity contribution in [3.63, 3.8) is 0 Å². The van der Waals surface area contributed by atoms with Crippen LogP contribution < -0.4 is 11.1 Å². The van der Waals surface area contributed by atoms with Gasteiger partial charge in [-0.05, 0) is 25.3 Å². The van der Waals surface area contributed by atoms with E-state index in [2.05, 4.69) is 5.32 Å². The second-order valence-electron chi connectivity index (χ2n) is 4.76. The Hall–Kier alpha value is -1.42. The van der Waals surface area contributed by atoms with Crippen LogP contribution in [0.25, 0.3) is 0 Å². The number of nitrogens with two attached hydrogens (primary N) is 1. The van der Waals surface area contributed by atoms with Gasteiger partial charge in [-0.15, -0.1) is 0 Å². The van der Waals surface area contributed by atoms with Gasteiger partial charge in [-0.2, -0.15) is 0 Å². The number of hydrogen-bond donors (Lipinski definition) is 2. The summed E-state index contributed by atoms with van der Waals surface area (Å²) in [6.07, 6.45) is 1.23. The van der Waals surface area contributed by atoms with Crippen molar-refractivity contribution in [3.8, 4) is 0 Å². The molecule has 4 heteroatoms. The highest BCUT2D eigenvalue weighted by Crippen LogP contribution is 2.28. The molecular formula is C15H22N2OS. The van der Waals surface area contributed by atoms with Gasteiger partial charge < -0.3 is 11.1 Å². The molecule has 104 valence electrons. The van der Waals surface area contributed by atoms with Gasteiger partial charge in [0.1, 0.15) is 0 Å². The number of carbonyl (C=O) groups is 1. The van der Waals surface area contributed by atoms with E-state index in [1.807, 2.05) is 51.1 Å². The summed E-state index contributed by atoms with van der Waals surface area (Å²) >= 11 is 5.09. The van der Waals surface area contributed by atoms with E-state index in [4.69, 9.17) is 18.0 Å². The van der Waals surface area contributed by atoms with E-state index in [9.17, 15) is 4.79 Å². The van der Waals surface area contributed by atoms with Gasteiger partial charge in [0, 0.05) is 0 Å². The molecular weight excluding hydrogens is 256 g/mol. The highest BCUT2D eigenvalue weighted by molar-refractivity contribution is 7.80. The van der Waals surface area contributed by atoms with Crippen molar-refractivity contribution in [2.75, 3.05) is 0 Å². The summed E-state index contributed by atoms with van der Waals surface area (Å²) in [6, 6.07) is 9.80. The van der Waals surface area contributed by atoms with E-state index in [0.29, 0.717) is 12.8 Å². The van der Waals surface area contributed by atoms with Gasteiger partial charge in [0.2, 0.25) is 5.91 Å². The van der Waals surface area contributed by atoms with Crippen molar-refractivity contribution in [2.45, 2.75) is 39.7 Å². The summed E-state index contributed by atoms with van der Waals surface area (Å²) < 4.78 is 0. The Kier molecular flexibility index (Phi) is 5.48. The maximum Gasteiger partial charge on any atom is 0.233 e. The monoisotopic (exact) mass is 278 g/mol. The van der Waals surface area contributed by atoms with Crippen LogP contribution in [-0.4, -0.2) is 10.9 Å². The molecule has 3 nitrogen and oxygen atoms in total. The summed E-state index contributed by atoms with van der Waals surface area (Å²) in [5.74, 6) is -0.0821. The van der Waals surface area contributed by atoms with E-state index < -0.39 is 5.41 Å². The second-order valence-corrected chi connectivity index (χ2v) is 5.20. The van der Waals surface area contributed by atoms with Crippen LogP contribution in [-0.2, 0) is 4.79 Å². The first-order valence-corrected chi connectivity index (χ1v) is 7.04. The lowest BCUT2D eigenvalue weighted by atomic mass is 9.81. The van der Waals surface area contributed by atoms with Crippen LogP contribution in [0.4, 0.5) is 0 Å². The molecule has 1 unspecified atom stereocenters. The molecule has 0 heterocycles. The lowest BCUT2D eigenvalue weighted by Gasteiger charge is -2.30. The highest BCUT2D eigenvalue weighted by Gasteiger charge is 2.38. The van der Waals surface area contributed by atoms with Gasteiger partial charge in [-0.3, -0.25) is 4.79 Å². The first-order chi connectivity index (χ1) is 8.97. The normalized spacial score (nSPS) is 12.8. The first-order valence-electron chi connectivity index (χ1n) is 6.63. The molecule has 0 spiro atoms. The summed E-state index contributed by atoms with van der Waals surface area (Å²) in [4.78, 5) is 12.7. The van der Waals surface area contributed by atoms with Crippen LogP contribution in [0.2, 0.25) is 0 Å². The predicted molar refractivity (Wildman–Crippen MR) is 82.8 cm³/mol. The van der Waals surface area contributed by atoms with E-state index in [0.717, 1.165) is 5.56 Å². The molecule has 0 saturated carbocycles. The molecule has 1 atom stereocenters. The van der Waals surface area contributed by atoms with Crippen LogP contribution in [0.15, 0.2) is 30.3 Å². The molecule has 0 aliphatic rings. The van der Waals surface area contributed by atoms with E-state index in [-0.39, 0.29) is 16.9 Å². The van der Waals surface area contributed by atoms with E-state index >= 15 is 0 Å². The number of rotatable bonds is 6. The Bertz CT molecular complexity index is 441. The fourth-order valence-electron chi connectivity index (χ4n) is 2.19. The SMILES string of the molecule is CCC(CC)(C(=O)NC(C)c1ccccc1)C(N)=S. The zero-order chi connectivity index (χ0) is 14.5. The molecule has 0 fully saturated rings. The molecule has 0 radical (unpaired) electrons. The quantitative estimate of drug-likeness (QED) is 0.787. The number of thiocarbonyl (C=S) groups is 1. The zero-order valence-corrected chi connectivity index (χ0v) is 12.6. The Balaban J connectivity index is 2.86. The largest absolute Gasteiger partial charge is 0.392 e. The second kappa shape index (κ2) is 6.66. The summed E-state index contributed by atoms with van der Waals surface area (Å²) in [7, 11) is 0. The molecule has 0 aromatic heterocycles. The van der Waals surface area contributed by atoms with Crippen molar-refractivity contribution in [3.05, 3.63) is 35.9 Å². The number of amides is 1. The Morgan fingerprint density at radius 3 is 2.26 bits per heavy atom. The van der Waals surface area contributed by atoms with E-state index in [1.165, 1.54) is 0 Å². The molecule has 0 aliphatic heterocycles. The third-order valence-electron chi connectivity index (χ3n) is 3.76. The predicted octanol–water partition coefficient (Wildman–Crippen LogP) is 2.96. The third-order valence-corrected chi connectivity index (χ3v) is 4.15. The number of carbonyl (C=O) groups excluding carboxylic acids is 1. The number of hydrogen-bond acceptors (Lipinski definition) is 2. The average Bonchev–Trinajstić information content (AvgIpc) is 2.41. The molecule has 1 rings (SSSR count). The van der Waals surface area contributed by atoms with Crippen LogP contribution in [0.5, 0.6) is 0 Å². The zero-order valence-electron chi connectivity index (χ0n) is 11.8. The van der Waals surface area contributed by atoms with Gasteiger partial charge in [0.25, 0.3) is 0 Å². The van der Waals surface area contributed by atoms with Crippen molar-refractivity contribution in [1.29, 1.82) is 0 Å². The summed E-state index contributed by atoms with van der Waals surface area (Å²) in [6.45, 7) is 5.84. The van der Waals surface area contributed by atoms with Crippen LogP contribution >= 0.6 is 12.2 Å². The maximum absolute atomic E-state index is 12.5. The molecule has 1 amide bonds. The van der Waals surface area contributed by atoms with Gasteiger partial charge >= 0.3 is 0 Å². The van der Waals surface area contributed by atoms with Crippen molar-refractivity contribution < 1.29 is 4.79 Å². The van der Waals surface area contributed by atoms with Gasteiger partial charge in [0.05, 0.1) is 16.4 Å². The van der Waals surface area contributed by atoms with Crippen molar-refractivity contribution in [2.24, 2.45) is 11.1 Å². The van der Waals surface area contributed by atoms with E-state index in [1.54, 1.807) is 0 Å². The smallest absolute Gasteiger partial charge is 0.233 e. The Labute approximate surface area is 120 Å². The van der Waals surface area contributed by atoms with Crippen LogP contribution in [0.1, 0.15) is 45.2 Å². The molecule has 1 aromatic rings.